The zero-order chi connectivity index (χ0) is 18.5. The molecule has 146 valence electrons. The first-order chi connectivity index (χ1) is 12.0. The van der Waals surface area contributed by atoms with Gasteiger partial charge in [0.05, 0.1) is 0 Å². The highest BCUT2D eigenvalue weighted by Gasteiger charge is 2.23. The van der Waals surface area contributed by atoms with Crippen LogP contribution in [0.1, 0.15) is 58.3 Å². The smallest absolute Gasteiger partial charge is 0.217 e. The van der Waals surface area contributed by atoms with Crippen molar-refractivity contribution in [2.45, 2.75) is 58.3 Å². The summed E-state index contributed by atoms with van der Waals surface area (Å²) in [6.07, 6.45) is 8.97. The van der Waals surface area contributed by atoms with Crippen LogP contribution in [0.3, 0.4) is 0 Å². The van der Waals surface area contributed by atoms with Crippen LogP contribution in [0.5, 0.6) is 0 Å². The average molecular weight is 354 g/mol. The number of nitrogens with zero attached hydrogens (tertiary/aromatic N) is 3. The Kier molecular flexibility index (Phi) is 11.3. The first-order valence-corrected chi connectivity index (χ1v) is 9.99. The summed E-state index contributed by atoms with van der Waals surface area (Å²) in [5.41, 5.74) is 5.36. The lowest BCUT2D eigenvalue weighted by atomic mass is 9.95. The minimum absolute atomic E-state index is 0.192. The highest BCUT2D eigenvalue weighted by molar-refractivity contribution is 5.80. The van der Waals surface area contributed by atoms with E-state index < -0.39 is 0 Å². The second kappa shape index (κ2) is 13.0. The molecule has 1 heterocycles. The molecule has 1 aliphatic heterocycles. The molecule has 0 saturated carbocycles. The molecule has 1 fully saturated rings. The van der Waals surface area contributed by atoms with Crippen molar-refractivity contribution in [2.75, 3.05) is 46.8 Å². The number of rotatable bonds is 11. The fraction of sp³-hybridized carbons (Fsp3) is 0.895. The van der Waals surface area contributed by atoms with E-state index >= 15 is 0 Å². The lowest BCUT2D eigenvalue weighted by Crippen LogP contribution is -2.47. The number of amides is 1. The number of piperidine rings is 1. The number of hydrogen-bond acceptors (Lipinski definition) is 3. The molecule has 25 heavy (non-hydrogen) atoms. The molecule has 1 amide bonds. The molecular weight excluding hydrogens is 314 g/mol. The molecule has 1 aliphatic rings. The third-order valence-corrected chi connectivity index (χ3v) is 4.67. The summed E-state index contributed by atoms with van der Waals surface area (Å²) in [7, 11) is 4.26. The van der Waals surface area contributed by atoms with Gasteiger partial charge in [-0.2, -0.15) is 0 Å². The van der Waals surface area contributed by atoms with Crippen LogP contribution >= 0.6 is 0 Å². The van der Waals surface area contributed by atoms with Gasteiger partial charge in [-0.3, -0.25) is 9.79 Å². The van der Waals surface area contributed by atoms with Gasteiger partial charge in [-0.15, -0.1) is 0 Å². The number of carbonyl (C=O) groups is 1. The SMILES string of the molecule is CCNC(=NCCCCCCCN(C)C)N1CCCC(CC(N)=O)C1. The summed E-state index contributed by atoms with van der Waals surface area (Å²) in [6, 6.07) is 0. The number of aliphatic imine (C=N–C) groups is 1. The molecule has 1 unspecified atom stereocenters. The molecule has 1 rings (SSSR count). The Labute approximate surface area is 154 Å². The number of carbonyl (C=O) groups excluding carboxylic acids is 1. The molecule has 6 nitrogen and oxygen atoms in total. The van der Waals surface area contributed by atoms with Crippen LogP contribution in [0.25, 0.3) is 0 Å². The van der Waals surface area contributed by atoms with Gasteiger partial charge in [-0.25, -0.2) is 0 Å². The Morgan fingerprint density at radius 2 is 1.96 bits per heavy atom. The zero-order valence-electron chi connectivity index (χ0n) is 16.6. The standard InChI is InChI=1S/C19H39N5O/c1-4-21-19(22-12-8-6-5-7-9-13-23(2)3)24-14-10-11-17(16-24)15-18(20)25/h17H,4-16H2,1-3H3,(H2,20,25)(H,21,22). The normalized spacial score (nSPS) is 18.6. The van der Waals surface area contributed by atoms with Crippen LogP contribution in [0.15, 0.2) is 4.99 Å². The lowest BCUT2D eigenvalue weighted by molar-refractivity contribution is -0.119. The van der Waals surface area contributed by atoms with E-state index in [1.165, 1.54) is 32.2 Å². The van der Waals surface area contributed by atoms with E-state index in [2.05, 4.69) is 36.1 Å². The van der Waals surface area contributed by atoms with Crippen LogP contribution in [-0.4, -0.2) is 68.5 Å². The molecule has 1 saturated heterocycles. The van der Waals surface area contributed by atoms with E-state index in [-0.39, 0.29) is 5.91 Å². The van der Waals surface area contributed by atoms with E-state index in [1.807, 2.05) is 0 Å². The van der Waals surface area contributed by atoms with Crippen molar-refractivity contribution in [3.8, 4) is 0 Å². The van der Waals surface area contributed by atoms with Crippen LogP contribution in [-0.2, 0) is 4.79 Å². The second-order valence-electron chi connectivity index (χ2n) is 7.43. The van der Waals surface area contributed by atoms with Gasteiger partial charge in [-0.1, -0.05) is 19.3 Å². The van der Waals surface area contributed by atoms with Crippen molar-refractivity contribution >= 4 is 11.9 Å². The van der Waals surface area contributed by atoms with Crippen LogP contribution < -0.4 is 11.1 Å². The summed E-state index contributed by atoms with van der Waals surface area (Å²) in [4.78, 5) is 20.5. The minimum Gasteiger partial charge on any atom is -0.370 e. The second-order valence-corrected chi connectivity index (χ2v) is 7.43. The number of hydrogen-bond donors (Lipinski definition) is 2. The summed E-state index contributed by atoms with van der Waals surface area (Å²) in [5.74, 6) is 1.18. The molecule has 6 heteroatoms. The fourth-order valence-corrected chi connectivity index (χ4v) is 3.39. The summed E-state index contributed by atoms with van der Waals surface area (Å²) >= 11 is 0. The van der Waals surface area contributed by atoms with Gasteiger partial charge in [-0.05, 0) is 59.2 Å². The van der Waals surface area contributed by atoms with E-state index in [4.69, 9.17) is 10.7 Å². The number of guanidine groups is 1. The third-order valence-electron chi connectivity index (χ3n) is 4.67. The largest absolute Gasteiger partial charge is 0.370 e. The Bertz CT molecular complexity index is 397. The Morgan fingerprint density at radius 3 is 2.64 bits per heavy atom. The fourth-order valence-electron chi connectivity index (χ4n) is 3.39. The number of likely N-dealkylation sites (tertiary alicyclic amines) is 1. The van der Waals surface area contributed by atoms with Crippen molar-refractivity contribution in [1.29, 1.82) is 0 Å². The average Bonchev–Trinajstić information content (AvgIpc) is 2.55. The predicted molar refractivity (Wildman–Crippen MR) is 106 cm³/mol. The van der Waals surface area contributed by atoms with Crippen LogP contribution in [0.2, 0.25) is 0 Å². The maximum atomic E-state index is 11.2. The number of primary amides is 1. The molecule has 0 aromatic carbocycles. The van der Waals surface area contributed by atoms with Crippen molar-refractivity contribution in [3.05, 3.63) is 0 Å². The summed E-state index contributed by atoms with van der Waals surface area (Å²) < 4.78 is 0. The monoisotopic (exact) mass is 353 g/mol. The zero-order valence-corrected chi connectivity index (χ0v) is 16.6. The van der Waals surface area contributed by atoms with Crippen LogP contribution in [0, 0.1) is 5.92 Å². The van der Waals surface area contributed by atoms with E-state index in [1.54, 1.807) is 0 Å². The number of nitrogens with one attached hydrogen (secondary N) is 1. The summed E-state index contributed by atoms with van der Waals surface area (Å²) in [5, 5.41) is 3.40. The van der Waals surface area contributed by atoms with Crippen molar-refractivity contribution in [3.63, 3.8) is 0 Å². The van der Waals surface area contributed by atoms with Gasteiger partial charge in [0.15, 0.2) is 5.96 Å². The van der Waals surface area contributed by atoms with Gasteiger partial charge >= 0.3 is 0 Å². The van der Waals surface area contributed by atoms with E-state index in [0.29, 0.717) is 12.3 Å². The summed E-state index contributed by atoms with van der Waals surface area (Å²) in [6.45, 7) is 6.95. The molecule has 0 bridgehead atoms. The maximum absolute atomic E-state index is 11.2. The molecule has 0 spiro atoms. The highest BCUT2D eigenvalue weighted by atomic mass is 16.1. The van der Waals surface area contributed by atoms with Crippen molar-refractivity contribution in [2.24, 2.45) is 16.6 Å². The topological polar surface area (TPSA) is 74.0 Å². The molecule has 1 atom stereocenters. The lowest BCUT2D eigenvalue weighted by Gasteiger charge is -2.34. The van der Waals surface area contributed by atoms with Gasteiger partial charge < -0.3 is 20.9 Å². The van der Waals surface area contributed by atoms with Gasteiger partial charge in [0.25, 0.3) is 0 Å². The Hall–Kier alpha value is -1.30. The van der Waals surface area contributed by atoms with E-state index in [0.717, 1.165) is 51.4 Å². The maximum Gasteiger partial charge on any atom is 0.217 e. The van der Waals surface area contributed by atoms with Gasteiger partial charge in [0, 0.05) is 32.6 Å². The quantitative estimate of drug-likeness (QED) is 0.339. The van der Waals surface area contributed by atoms with Gasteiger partial charge in [0.1, 0.15) is 0 Å². The molecule has 0 radical (unpaired) electrons. The molecular formula is C19H39N5O. The molecule has 3 N–H and O–H groups in total. The van der Waals surface area contributed by atoms with Gasteiger partial charge in [0.2, 0.25) is 5.91 Å². The molecule has 0 aliphatic carbocycles. The molecule has 0 aromatic rings. The first-order valence-electron chi connectivity index (χ1n) is 9.99. The third kappa shape index (κ3) is 10.3. The van der Waals surface area contributed by atoms with Crippen molar-refractivity contribution in [1.82, 2.24) is 15.1 Å². The highest BCUT2D eigenvalue weighted by Crippen LogP contribution is 2.19. The van der Waals surface area contributed by atoms with E-state index in [9.17, 15) is 4.79 Å². The predicted octanol–water partition coefficient (Wildman–Crippen LogP) is 2.05. The molecule has 0 aromatic heterocycles. The number of unbranched alkanes of at least 4 members (excludes halogenated alkanes) is 4. The van der Waals surface area contributed by atoms with Crippen LogP contribution in [0.4, 0.5) is 0 Å². The Morgan fingerprint density at radius 1 is 1.24 bits per heavy atom. The number of nitrogens with two attached hydrogens (primary N) is 1. The van der Waals surface area contributed by atoms with Crippen molar-refractivity contribution < 1.29 is 4.79 Å². The Balaban J connectivity index is 2.31. The minimum atomic E-state index is -0.192. The first kappa shape index (κ1) is 21.7.